The third kappa shape index (κ3) is 3.85. The molecule has 2 fully saturated rings. The Hall–Kier alpha value is -2.74. The van der Waals surface area contributed by atoms with E-state index < -0.39 is 5.97 Å². The second-order valence-corrected chi connectivity index (χ2v) is 7.21. The van der Waals surface area contributed by atoms with E-state index in [0.29, 0.717) is 17.3 Å². The molecule has 2 saturated heterocycles. The van der Waals surface area contributed by atoms with Crippen molar-refractivity contribution in [3.05, 3.63) is 41.7 Å². The van der Waals surface area contributed by atoms with Gasteiger partial charge in [0.1, 0.15) is 0 Å². The maximum atomic E-state index is 12.8. The van der Waals surface area contributed by atoms with E-state index in [9.17, 15) is 9.59 Å². The summed E-state index contributed by atoms with van der Waals surface area (Å²) in [6, 6.07) is 7.69. The van der Waals surface area contributed by atoms with Gasteiger partial charge in [-0.05, 0) is 56.6 Å². The molecule has 27 heavy (non-hydrogen) atoms. The number of amides is 1. The zero-order valence-corrected chi connectivity index (χ0v) is 15.1. The van der Waals surface area contributed by atoms with Crippen molar-refractivity contribution in [2.24, 2.45) is 0 Å². The zero-order chi connectivity index (χ0) is 18.8. The highest BCUT2D eigenvalue weighted by Gasteiger charge is 2.31. The highest BCUT2D eigenvalue weighted by Crippen LogP contribution is 2.22. The summed E-state index contributed by atoms with van der Waals surface area (Å²) in [6.07, 6.45) is 5.01. The van der Waals surface area contributed by atoms with Crippen LogP contribution < -0.4 is 0 Å². The van der Waals surface area contributed by atoms with E-state index in [1.54, 1.807) is 30.5 Å². The largest absolute Gasteiger partial charge is 0.481 e. The topological polar surface area (TPSA) is 91.6 Å². The number of hydrogen-bond acceptors (Lipinski definition) is 5. The number of carboxylic acid groups (broad SMARTS) is 1. The molecule has 0 radical (unpaired) electrons. The van der Waals surface area contributed by atoms with Crippen molar-refractivity contribution in [2.45, 2.75) is 31.7 Å². The average molecular weight is 369 g/mol. The van der Waals surface area contributed by atoms with Crippen LogP contribution in [0.3, 0.4) is 0 Å². The van der Waals surface area contributed by atoms with Gasteiger partial charge in [-0.25, -0.2) is 4.68 Å². The molecule has 2 aliphatic heterocycles. The normalized spacial score (nSPS) is 20.3. The molecule has 8 heteroatoms. The zero-order valence-electron chi connectivity index (χ0n) is 15.1. The number of aromatic nitrogens is 3. The van der Waals surface area contributed by atoms with E-state index in [0.717, 1.165) is 38.3 Å². The summed E-state index contributed by atoms with van der Waals surface area (Å²) >= 11 is 0. The van der Waals surface area contributed by atoms with Crippen molar-refractivity contribution in [2.75, 3.05) is 26.2 Å². The standard InChI is InChI=1S/C19H23N5O3/c25-18(26)11-15-12-24(21-20-15)16-5-3-14(4-6-16)19(27)23-10-7-17(13-23)22-8-1-2-9-22/h3-6,12,17H,1-2,7-11,13H2,(H,25,26). The van der Waals surface area contributed by atoms with Crippen LogP contribution in [0, 0.1) is 0 Å². The van der Waals surface area contributed by atoms with Crippen LogP contribution in [0.2, 0.25) is 0 Å². The predicted octanol–water partition coefficient (Wildman–Crippen LogP) is 1.20. The number of carboxylic acids is 1. The Kier molecular flexibility index (Phi) is 4.89. The van der Waals surface area contributed by atoms with E-state index in [-0.39, 0.29) is 12.3 Å². The molecule has 1 aromatic heterocycles. The fourth-order valence-electron chi connectivity index (χ4n) is 3.93. The van der Waals surface area contributed by atoms with Crippen molar-refractivity contribution in [3.63, 3.8) is 0 Å². The van der Waals surface area contributed by atoms with Crippen molar-refractivity contribution < 1.29 is 14.7 Å². The second-order valence-electron chi connectivity index (χ2n) is 7.21. The van der Waals surface area contributed by atoms with Crippen molar-refractivity contribution in [1.82, 2.24) is 24.8 Å². The summed E-state index contributed by atoms with van der Waals surface area (Å²) in [6.45, 7) is 3.93. The number of carbonyl (C=O) groups excluding carboxylic acids is 1. The van der Waals surface area contributed by atoms with Crippen molar-refractivity contribution in [1.29, 1.82) is 0 Å². The molecule has 8 nitrogen and oxygen atoms in total. The molecule has 0 aliphatic carbocycles. The minimum atomic E-state index is -0.944. The number of rotatable bonds is 5. The summed E-state index contributed by atoms with van der Waals surface area (Å²) in [4.78, 5) is 28.0. The molecule has 1 atom stereocenters. The van der Waals surface area contributed by atoms with Crippen molar-refractivity contribution in [3.8, 4) is 5.69 Å². The molecule has 2 aliphatic rings. The van der Waals surface area contributed by atoms with Gasteiger partial charge in [0, 0.05) is 24.7 Å². The monoisotopic (exact) mass is 369 g/mol. The second kappa shape index (κ2) is 7.48. The molecule has 0 bridgehead atoms. The van der Waals surface area contributed by atoms with Gasteiger partial charge in [-0.3, -0.25) is 14.5 Å². The van der Waals surface area contributed by atoms with Crippen LogP contribution in [0.1, 0.15) is 35.3 Å². The van der Waals surface area contributed by atoms with Crippen LogP contribution in [0.15, 0.2) is 30.5 Å². The summed E-state index contributed by atoms with van der Waals surface area (Å²) < 4.78 is 1.52. The lowest BCUT2D eigenvalue weighted by Gasteiger charge is -2.23. The van der Waals surface area contributed by atoms with Gasteiger partial charge in [-0.1, -0.05) is 5.21 Å². The fourth-order valence-corrected chi connectivity index (χ4v) is 3.93. The van der Waals surface area contributed by atoms with Crippen LogP contribution in [0.5, 0.6) is 0 Å². The Morgan fingerprint density at radius 2 is 1.85 bits per heavy atom. The molecule has 1 aromatic carbocycles. The molecule has 1 amide bonds. The Labute approximate surface area is 157 Å². The number of carbonyl (C=O) groups is 2. The Balaban J connectivity index is 1.40. The first kappa shape index (κ1) is 17.7. The molecule has 142 valence electrons. The molecule has 2 aromatic rings. The summed E-state index contributed by atoms with van der Waals surface area (Å²) in [7, 11) is 0. The molecule has 0 spiro atoms. The molecule has 3 heterocycles. The Bertz CT molecular complexity index is 826. The third-order valence-corrected chi connectivity index (χ3v) is 5.36. The number of nitrogens with zero attached hydrogens (tertiary/aromatic N) is 5. The van der Waals surface area contributed by atoms with Crippen LogP contribution in [-0.2, 0) is 11.2 Å². The fraction of sp³-hybridized carbons (Fsp3) is 0.474. The van der Waals surface area contributed by atoms with E-state index >= 15 is 0 Å². The first-order valence-electron chi connectivity index (χ1n) is 9.37. The molecular formula is C19H23N5O3. The minimum Gasteiger partial charge on any atom is -0.481 e. The highest BCUT2D eigenvalue weighted by atomic mass is 16.4. The van der Waals surface area contributed by atoms with Gasteiger partial charge in [0.2, 0.25) is 0 Å². The summed E-state index contributed by atoms with van der Waals surface area (Å²) in [5.41, 5.74) is 1.80. The van der Waals surface area contributed by atoms with E-state index in [1.165, 1.54) is 17.5 Å². The lowest BCUT2D eigenvalue weighted by atomic mass is 10.2. The van der Waals surface area contributed by atoms with Gasteiger partial charge in [-0.2, -0.15) is 0 Å². The average Bonchev–Trinajstić information content (AvgIpc) is 3.41. The smallest absolute Gasteiger partial charge is 0.309 e. The van der Waals surface area contributed by atoms with E-state index in [4.69, 9.17) is 5.11 Å². The minimum absolute atomic E-state index is 0.0633. The Morgan fingerprint density at radius 3 is 2.56 bits per heavy atom. The van der Waals surface area contributed by atoms with E-state index in [1.807, 2.05) is 4.90 Å². The summed E-state index contributed by atoms with van der Waals surface area (Å²) in [5.74, 6) is -0.880. The molecule has 0 saturated carbocycles. The van der Waals surface area contributed by atoms with Gasteiger partial charge in [0.25, 0.3) is 5.91 Å². The van der Waals surface area contributed by atoms with E-state index in [2.05, 4.69) is 15.2 Å². The highest BCUT2D eigenvalue weighted by molar-refractivity contribution is 5.94. The lowest BCUT2D eigenvalue weighted by molar-refractivity contribution is -0.136. The SMILES string of the molecule is O=C(O)Cc1cn(-c2ccc(C(=O)N3CCC(N4CCCC4)C3)cc2)nn1. The number of benzene rings is 1. The maximum absolute atomic E-state index is 12.8. The molecule has 4 rings (SSSR count). The molecular weight excluding hydrogens is 346 g/mol. The summed E-state index contributed by atoms with van der Waals surface area (Å²) in [5, 5.41) is 16.6. The van der Waals surface area contributed by atoms with Crippen LogP contribution in [0.4, 0.5) is 0 Å². The van der Waals surface area contributed by atoms with Gasteiger partial charge in [-0.15, -0.1) is 5.10 Å². The van der Waals surface area contributed by atoms with Crippen LogP contribution >= 0.6 is 0 Å². The maximum Gasteiger partial charge on any atom is 0.309 e. The number of hydrogen-bond donors (Lipinski definition) is 1. The third-order valence-electron chi connectivity index (χ3n) is 5.36. The predicted molar refractivity (Wildman–Crippen MR) is 97.8 cm³/mol. The molecule has 1 N–H and O–H groups in total. The van der Waals surface area contributed by atoms with Crippen LogP contribution in [-0.4, -0.2) is 74.0 Å². The Morgan fingerprint density at radius 1 is 1.11 bits per heavy atom. The quantitative estimate of drug-likeness (QED) is 0.852. The number of likely N-dealkylation sites (tertiary alicyclic amines) is 2. The van der Waals surface area contributed by atoms with Crippen molar-refractivity contribution >= 4 is 11.9 Å². The van der Waals surface area contributed by atoms with Gasteiger partial charge in [0.05, 0.1) is 24.0 Å². The lowest BCUT2D eigenvalue weighted by Crippen LogP contribution is -2.37. The number of aliphatic carboxylic acids is 1. The van der Waals surface area contributed by atoms with Gasteiger partial charge >= 0.3 is 5.97 Å². The first-order valence-corrected chi connectivity index (χ1v) is 9.37. The van der Waals surface area contributed by atoms with Gasteiger partial charge in [0.15, 0.2) is 0 Å². The first-order chi connectivity index (χ1) is 13.1. The van der Waals surface area contributed by atoms with Gasteiger partial charge < -0.3 is 10.0 Å². The van der Waals surface area contributed by atoms with Crippen LogP contribution in [0.25, 0.3) is 5.69 Å². The molecule has 1 unspecified atom stereocenters.